The van der Waals surface area contributed by atoms with E-state index in [2.05, 4.69) is 0 Å². The maximum atomic E-state index is 15.1. The first-order chi connectivity index (χ1) is 20.2. The maximum absolute atomic E-state index is 15.1. The Labute approximate surface area is 242 Å². The standard InChI is InChI=1S/C34H34F6O2/c1-3-41-27-16-14-25(31(37)33(27)39)22-9-11-23(12-10-22)26-15-17-28(34(40)32(26)38)42-18-20-5-7-21(8-6-20)24-13-4-19(2)29(35)30(24)36/h4,7,13-17,20,22-23H,3,5-6,8-12,18H2,1-2H3. The lowest BCUT2D eigenvalue weighted by atomic mass is 9.76. The SMILES string of the molecule is CCOc1ccc(C2CCC(c3ccc(OCC4CC=C(c5ccc(C)c(F)c5F)CC4)c(F)c3F)CC2)c(F)c1F. The van der Waals surface area contributed by atoms with Crippen LogP contribution in [0.5, 0.6) is 11.5 Å². The van der Waals surface area contributed by atoms with Crippen molar-refractivity contribution >= 4 is 5.57 Å². The van der Waals surface area contributed by atoms with Gasteiger partial charge in [0.1, 0.15) is 0 Å². The molecule has 0 saturated heterocycles. The Kier molecular flexibility index (Phi) is 9.19. The van der Waals surface area contributed by atoms with Gasteiger partial charge in [0, 0.05) is 5.56 Å². The van der Waals surface area contributed by atoms with Crippen molar-refractivity contribution in [2.75, 3.05) is 13.2 Å². The summed E-state index contributed by atoms with van der Waals surface area (Å²) in [6.45, 7) is 3.60. The summed E-state index contributed by atoms with van der Waals surface area (Å²) < 4.78 is 98.4. The summed E-state index contributed by atoms with van der Waals surface area (Å²) in [5.74, 6) is -6.31. The van der Waals surface area contributed by atoms with Crippen molar-refractivity contribution < 1.29 is 35.8 Å². The summed E-state index contributed by atoms with van der Waals surface area (Å²) >= 11 is 0. The van der Waals surface area contributed by atoms with Crippen molar-refractivity contribution in [2.24, 2.45) is 5.92 Å². The minimum absolute atomic E-state index is 0.0253. The third-order valence-corrected chi connectivity index (χ3v) is 8.68. The second kappa shape index (κ2) is 12.8. The number of rotatable bonds is 8. The topological polar surface area (TPSA) is 18.5 Å². The molecule has 0 aromatic heterocycles. The Morgan fingerprint density at radius 1 is 0.643 bits per heavy atom. The van der Waals surface area contributed by atoms with E-state index >= 15 is 8.78 Å². The zero-order chi connectivity index (χ0) is 30.0. The molecule has 5 rings (SSSR count). The molecule has 0 spiro atoms. The Hall–Kier alpha value is -3.42. The van der Waals surface area contributed by atoms with E-state index in [1.54, 1.807) is 31.2 Å². The van der Waals surface area contributed by atoms with Crippen LogP contribution in [0.1, 0.15) is 86.0 Å². The van der Waals surface area contributed by atoms with Gasteiger partial charge in [0.15, 0.2) is 34.8 Å². The molecule has 0 N–H and O–H groups in total. The summed E-state index contributed by atoms with van der Waals surface area (Å²) in [5, 5.41) is 0. The van der Waals surface area contributed by atoms with Crippen molar-refractivity contribution in [2.45, 2.75) is 70.6 Å². The van der Waals surface area contributed by atoms with E-state index in [0.29, 0.717) is 44.9 Å². The predicted octanol–water partition coefficient (Wildman–Crippen LogP) is 9.93. The van der Waals surface area contributed by atoms with Crippen LogP contribution in [0.2, 0.25) is 0 Å². The Bertz CT molecular complexity index is 1480. The van der Waals surface area contributed by atoms with Crippen molar-refractivity contribution in [3.8, 4) is 11.5 Å². The van der Waals surface area contributed by atoms with Gasteiger partial charge in [-0.05, 0) is 111 Å². The maximum Gasteiger partial charge on any atom is 0.200 e. The average molecular weight is 589 g/mol. The molecule has 8 heteroatoms. The summed E-state index contributed by atoms with van der Waals surface area (Å²) in [5.41, 5.74) is 1.78. The molecular formula is C34H34F6O2. The van der Waals surface area contributed by atoms with Crippen LogP contribution in [0.15, 0.2) is 42.5 Å². The Morgan fingerprint density at radius 3 is 1.74 bits per heavy atom. The lowest BCUT2D eigenvalue weighted by Gasteiger charge is -2.30. The van der Waals surface area contributed by atoms with Crippen LogP contribution >= 0.6 is 0 Å². The number of allylic oxidation sites excluding steroid dienone is 2. The predicted molar refractivity (Wildman–Crippen MR) is 150 cm³/mol. The molecule has 1 unspecified atom stereocenters. The van der Waals surface area contributed by atoms with Crippen molar-refractivity contribution in [1.82, 2.24) is 0 Å². The fourth-order valence-electron chi connectivity index (χ4n) is 6.20. The van der Waals surface area contributed by atoms with E-state index in [1.807, 2.05) is 6.08 Å². The molecule has 1 atom stereocenters. The second-order valence-corrected chi connectivity index (χ2v) is 11.3. The zero-order valence-electron chi connectivity index (χ0n) is 23.7. The molecule has 0 heterocycles. The molecule has 1 fully saturated rings. The smallest absolute Gasteiger partial charge is 0.200 e. The number of hydrogen-bond acceptors (Lipinski definition) is 2. The molecule has 0 aliphatic heterocycles. The monoisotopic (exact) mass is 588 g/mol. The highest BCUT2D eigenvalue weighted by Crippen LogP contribution is 2.44. The molecule has 0 amide bonds. The molecule has 3 aromatic rings. The number of ether oxygens (including phenoxy) is 2. The molecule has 0 radical (unpaired) electrons. The number of halogens is 6. The molecule has 0 bridgehead atoms. The van der Waals surface area contributed by atoms with Gasteiger partial charge in [-0.1, -0.05) is 30.3 Å². The lowest BCUT2D eigenvalue weighted by Crippen LogP contribution is -2.17. The quantitative estimate of drug-likeness (QED) is 0.244. The second-order valence-electron chi connectivity index (χ2n) is 11.3. The minimum Gasteiger partial charge on any atom is -0.491 e. The highest BCUT2D eigenvalue weighted by Gasteiger charge is 2.30. The van der Waals surface area contributed by atoms with E-state index in [0.717, 1.165) is 5.57 Å². The Balaban J connectivity index is 1.18. The van der Waals surface area contributed by atoms with Gasteiger partial charge in [0.25, 0.3) is 0 Å². The first-order valence-electron chi connectivity index (χ1n) is 14.5. The fourth-order valence-corrected chi connectivity index (χ4v) is 6.20. The van der Waals surface area contributed by atoms with Crippen LogP contribution in [0.3, 0.4) is 0 Å². The first kappa shape index (κ1) is 30.1. The number of hydrogen-bond donors (Lipinski definition) is 0. The number of aryl methyl sites for hydroxylation is 1. The first-order valence-corrected chi connectivity index (χ1v) is 14.5. The van der Waals surface area contributed by atoms with Crippen LogP contribution in [0.25, 0.3) is 5.57 Å². The van der Waals surface area contributed by atoms with Crippen LogP contribution in [-0.2, 0) is 0 Å². The van der Waals surface area contributed by atoms with E-state index in [4.69, 9.17) is 9.47 Å². The molecule has 3 aromatic carbocycles. The summed E-state index contributed by atoms with van der Waals surface area (Å²) in [6, 6.07) is 9.11. The summed E-state index contributed by atoms with van der Waals surface area (Å²) in [6.07, 6.45) is 5.64. The van der Waals surface area contributed by atoms with Crippen LogP contribution < -0.4 is 9.47 Å². The van der Waals surface area contributed by atoms with Gasteiger partial charge in [0.05, 0.1) is 13.2 Å². The Morgan fingerprint density at radius 2 is 1.21 bits per heavy atom. The van der Waals surface area contributed by atoms with Gasteiger partial charge in [-0.3, -0.25) is 0 Å². The largest absolute Gasteiger partial charge is 0.491 e. The van der Waals surface area contributed by atoms with Gasteiger partial charge in [-0.15, -0.1) is 0 Å². The van der Waals surface area contributed by atoms with Crippen LogP contribution in [0, 0.1) is 47.7 Å². The highest BCUT2D eigenvalue weighted by atomic mass is 19.2. The van der Waals surface area contributed by atoms with E-state index in [9.17, 15) is 17.6 Å². The fraction of sp³-hybridized carbons (Fsp3) is 0.412. The van der Waals surface area contributed by atoms with Gasteiger partial charge < -0.3 is 9.47 Å². The molecule has 2 aliphatic carbocycles. The summed E-state index contributed by atoms with van der Waals surface area (Å²) in [4.78, 5) is 0. The van der Waals surface area contributed by atoms with E-state index < -0.39 is 34.9 Å². The molecule has 2 nitrogen and oxygen atoms in total. The molecule has 224 valence electrons. The van der Waals surface area contributed by atoms with Gasteiger partial charge in [0.2, 0.25) is 11.6 Å². The van der Waals surface area contributed by atoms with Gasteiger partial charge in [-0.25, -0.2) is 17.6 Å². The third-order valence-electron chi connectivity index (χ3n) is 8.68. The van der Waals surface area contributed by atoms with Crippen molar-refractivity contribution in [3.05, 3.63) is 99.6 Å². The van der Waals surface area contributed by atoms with E-state index in [-0.39, 0.29) is 64.7 Å². The average Bonchev–Trinajstić information content (AvgIpc) is 3.00. The lowest BCUT2D eigenvalue weighted by molar-refractivity contribution is 0.227. The third kappa shape index (κ3) is 6.04. The molecular weight excluding hydrogens is 554 g/mol. The molecule has 42 heavy (non-hydrogen) atoms. The summed E-state index contributed by atoms with van der Waals surface area (Å²) in [7, 11) is 0. The minimum atomic E-state index is -1.04. The number of benzene rings is 3. The van der Waals surface area contributed by atoms with Crippen molar-refractivity contribution in [1.29, 1.82) is 0 Å². The van der Waals surface area contributed by atoms with Crippen LogP contribution in [0.4, 0.5) is 26.3 Å². The normalized spacial score (nSPS) is 20.8. The molecule has 2 aliphatic rings. The van der Waals surface area contributed by atoms with Crippen LogP contribution in [-0.4, -0.2) is 13.2 Å². The zero-order valence-corrected chi connectivity index (χ0v) is 23.7. The highest BCUT2D eigenvalue weighted by molar-refractivity contribution is 5.67. The van der Waals surface area contributed by atoms with Crippen molar-refractivity contribution in [3.63, 3.8) is 0 Å². The van der Waals surface area contributed by atoms with E-state index in [1.165, 1.54) is 19.1 Å². The van der Waals surface area contributed by atoms with Gasteiger partial charge in [-0.2, -0.15) is 8.78 Å². The van der Waals surface area contributed by atoms with Gasteiger partial charge >= 0.3 is 0 Å². The molecule has 1 saturated carbocycles.